The molecule has 0 rings (SSSR count). The number of hydrogen-bond donors (Lipinski definition) is 5. The first kappa shape index (κ1) is 15.0. The van der Waals surface area contributed by atoms with Crippen LogP contribution in [0.2, 0.25) is 0 Å². The van der Waals surface area contributed by atoms with E-state index in [1.165, 1.54) is 0 Å². The van der Waals surface area contributed by atoms with Crippen LogP contribution in [0.5, 0.6) is 0 Å². The highest BCUT2D eigenvalue weighted by molar-refractivity contribution is 7.81. The SMILES string of the molecule is OCCC(S)CC(CS)C(S)CCO. The van der Waals surface area contributed by atoms with E-state index < -0.39 is 0 Å². The van der Waals surface area contributed by atoms with Gasteiger partial charge in [-0.3, -0.25) is 0 Å². The summed E-state index contributed by atoms with van der Waals surface area (Å²) in [5.74, 6) is 1.10. The Labute approximate surface area is 103 Å². The number of rotatable bonds is 8. The highest BCUT2D eigenvalue weighted by Crippen LogP contribution is 2.23. The second-order valence-electron chi connectivity index (χ2n) is 3.42. The van der Waals surface area contributed by atoms with Crippen LogP contribution < -0.4 is 0 Å². The van der Waals surface area contributed by atoms with Crippen molar-refractivity contribution in [2.24, 2.45) is 5.92 Å². The molecule has 0 heterocycles. The minimum atomic E-state index is 0.162. The normalized spacial score (nSPS) is 17.8. The molecule has 0 amide bonds. The monoisotopic (exact) mass is 256 g/mol. The van der Waals surface area contributed by atoms with Gasteiger partial charge in [0.25, 0.3) is 0 Å². The number of hydrogen-bond acceptors (Lipinski definition) is 5. The van der Waals surface area contributed by atoms with Crippen molar-refractivity contribution in [2.45, 2.75) is 29.8 Å². The van der Waals surface area contributed by atoms with Crippen LogP contribution in [-0.2, 0) is 0 Å². The Hall–Kier alpha value is 0.970. The molecule has 0 bridgehead atoms. The van der Waals surface area contributed by atoms with Crippen LogP contribution in [0.1, 0.15) is 19.3 Å². The predicted octanol–water partition coefficient (Wildman–Crippen LogP) is 1.28. The summed E-state index contributed by atoms with van der Waals surface area (Å²) in [4.78, 5) is 0. The van der Waals surface area contributed by atoms with Gasteiger partial charge in [-0.05, 0) is 30.9 Å². The maximum Gasteiger partial charge on any atom is 0.0441 e. The van der Waals surface area contributed by atoms with Gasteiger partial charge in [-0.15, -0.1) is 0 Å². The first-order valence-corrected chi connectivity index (χ1v) is 6.50. The van der Waals surface area contributed by atoms with Crippen molar-refractivity contribution in [2.75, 3.05) is 19.0 Å². The lowest BCUT2D eigenvalue weighted by atomic mass is 9.98. The van der Waals surface area contributed by atoms with Crippen LogP contribution in [-0.4, -0.2) is 39.7 Å². The molecule has 2 N–H and O–H groups in total. The largest absolute Gasteiger partial charge is 0.396 e. The Morgan fingerprint density at radius 3 is 2.00 bits per heavy atom. The third-order valence-corrected chi connectivity index (χ3v) is 3.86. The lowest BCUT2D eigenvalue weighted by Crippen LogP contribution is -2.22. The molecule has 5 heteroatoms. The summed E-state index contributed by atoms with van der Waals surface area (Å²) in [6.07, 6.45) is 2.28. The van der Waals surface area contributed by atoms with Crippen molar-refractivity contribution >= 4 is 37.9 Å². The van der Waals surface area contributed by atoms with Gasteiger partial charge < -0.3 is 10.2 Å². The number of thiol groups is 3. The number of aliphatic hydroxyl groups excluding tert-OH is 2. The van der Waals surface area contributed by atoms with E-state index >= 15 is 0 Å². The van der Waals surface area contributed by atoms with Crippen molar-refractivity contribution < 1.29 is 10.2 Å². The van der Waals surface area contributed by atoms with Gasteiger partial charge in [-0.1, -0.05) is 0 Å². The quantitative estimate of drug-likeness (QED) is 0.425. The van der Waals surface area contributed by atoms with Gasteiger partial charge in [0.15, 0.2) is 0 Å². The van der Waals surface area contributed by atoms with E-state index in [9.17, 15) is 0 Å². The van der Waals surface area contributed by atoms with E-state index in [-0.39, 0.29) is 23.7 Å². The zero-order valence-electron chi connectivity index (χ0n) is 8.21. The summed E-state index contributed by atoms with van der Waals surface area (Å²) in [7, 11) is 0. The summed E-state index contributed by atoms with van der Waals surface area (Å²) < 4.78 is 0. The van der Waals surface area contributed by atoms with Crippen LogP contribution in [0.25, 0.3) is 0 Å². The zero-order valence-corrected chi connectivity index (χ0v) is 10.9. The first-order valence-electron chi connectivity index (χ1n) is 4.84. The molecule has 86 valence electrons. The Kier molecular flexibility index (Phi) is 9.85. The van der Waals surface area contributed by atoms with Crippen LogP contribution >= 0.6 is 37.9 Å². The molecular weight excluding hydrogens is 236 g/mol. The molecule has 0 spiro atoms. The van der Waals surface area contributed by atoms with Crippen molar-refractivity contribution in [3.05, 3.63) is 0 Å². The Bertz CT molecular complexity index is 135. The van der Waals surface area contributed by atoms with Gasteiger partial charge >= 0.3 is 0 Å². The van der Waals surface area contributed by atoms with Crippen LogP contribution in [0.4, 0.5) is 0 Å². The second-order valence-corrected chi connectivity index (χ2v) is 5.18. The fourth-order valence-electron chi connectivity index (χ4n) is 1.34. The fraction of sp³-hybridized carbons (Fsp3) is 1.00. The molecule has 0 aromatic rings. The molecule has 2 nitrogen and oxygen atoms in total. The number of aliphatic hydroxyl groups is 2. The first-order chi connectivity index (χ1) is 6.65. The smallest absolute Gasteiger partial charge is 0.0441 e. The van der Waals surface area contributed by atoms with E-state index in [1.807, 2.05) is 0 Å². The molecule has 0 aliphatic carbocycles. The average molecular weight is 256 g/mol. The summed E-state index contributed by atoms with van der Waals surface area (Å²) in [6, 6.07) is 0. The second kappa shape index (κ2) is 9.21. The summed E-state index contributed by atoms with van der Waals surface area (Å²) in [5.41, 5.74) is 0. The summed E-state index contributed by atoms with van der Waals surface area (Å²) >= 11 is 13.1. The Morgan fingerprint density at radius 2 is 1.57 bits per heavy atom. The van der Waals surface area contributed by atoms with Crippen molar-refractivity contribution in [3.8, 4) is 0 Å². The molecule has 3 atom stereocenters. The van der Waals surface area contributed by atoms with Gasteiger partial charge in [-0.25, -0.2) is 0 Å². The van der Waals surface area contributed by atoms with Gasteiger partial charge in [0.1, 0.15) is 0 Å². The lowest BCUT2D eigenvalue weighted by Gasteiger charge is -2.23. The molecule has 0 fully saturated rings. The molecule has 0 radical (unpaired) electrons. The molecule has 0 aliphatic heterocycles. The topological polar surface area (TPSA) is 40.5 Å². The van der Waals surface area contributed by atoms with E-state index in [0.717, 1.165) is 12.2 Å². The highest BCUT2D eigenvalue weighted by Gasteiger charge is 2.19. The van der Waals surface area contributed by atoms with E-state index in [1.54, 1.807) is 0 Å². The van der Waals surface area contributed by atoms with Gasteiger partial charge in [0.2, 0.25) is 0 Å². The highest BCUT2D eigenvalue weighted by atomic mass is 32.1. The lowest BCUT2D eigenvalue weighted by molar-refractivity contribution is 0.268. The minimum Gasteiger partial charge on any atom is -0.396 e. The third-order valence-electron chi connectivity index (χ3n) is 2.24. The van der Waals surface area contributed by atoms with Crippen molar-refractivity contribution in [3.63, 3.8) is 0 Å². The molecule has 0 aromatic heterocycles. The van der Waals surface area contributed by atoms with E-state index in [0.29, 0.717) is 18.8 Å². The molecular formula is C9H20O2S3. The van der Waals surface area contributed by atoms with Gasteiger partial charge in [0, 0.05) is 23.7 Å². The van der Waals surface area contributed by atoms with Gasteiger partial charge in [-0.2, -0.15) is 37.9 Å². The maximum atomic E-state index is 8.79. The molecule has 0 aromatic carbocycles. The molecule has 0 saturated heterocycles. The van der Waals surface area contributed by atoms with E-state index in [4.69, 9.17) is 10.2 Å². The molecule has 3 unspecified atom stereocenters. The standard InChI is InChI=1S/C9H20O2S3/c10-3-1-8(13)5-7(6-12)9(14)2-4-11/h7-14H,1-6H2. The van der Waals surface area contributed by atoms with Gasteiger partial charge in [0.05, 0.1) is 0 Å². The molecule has 14 heavy (non-hydrogen) atoms. The zero-order chi connectivity index (χ0) is 11.0. The molecule has 0 aliphatic rings. The maximum absolute atomic E-state index is 8.79. The minimum absolute atomic E-state index is 0.162. The summed E-state index contributed by atoms with van der Waals surface area (Å²) in [6.45, 7) is 0.334. The third kappa shape index (κ3) is 6.45. The summed E-state index contributed by atoms with van der Waals surface area (Å²) in [5, 5.41) is 17.9. The van der Waals surface area contributed by atoms with Crippen molar-refractivity contribution in [1.29, 1.82) is 0 Å². The molecule has 0 saturated carbocycles. The van der Waals surface area contributed by atoms with Crippen molar-refractivity contribution in [1.82, 2.24) is 0 Å². The average Bonchev–Trinajstić information content (AvgIpc) is 2.15. The predicted molar refractivity (Wildman–Crippen MR) is 70.9 cm³/mol. The van der Waals surface area contributed by atoms with Crippen LogP contribution in [0.15, 0.2) is 0 Å². The van der Waals surface area contributed by atoms with Crippen LogP contribution in [0, 0.1) is 5.92 Å². The fourth-order valence-corrected chi connectivity index (χ4v) is 2.64. The Morgan fingerprint density at radius 1 is 1.00 bits per heavy atom. The van der Waals surface area contributed by atoms with Crippen LogP contribution in [0.3, 0.4) is 0 Å². The van der Waals surface area contributed by atoms with E-state index in [2.05, 4.69) is 37.9 Å². The Balaban J connectivity index is 3.87.